The van der Waals surface area contributed by atoms with Crippen LogP contribution >= 0.6 is 0 Å². The van der Waals surface area contributed by atoms with Crippen molar-refractivity contribution in [2.45, 2.75) is 26.1 Å². The Bertz CT molecular complexity index is 70.6. The Morgan fingerprint density at radius 1 is 1.50 bits per heavy atom. The van der Waals surface area contributed by atoms with Crippen LogP contribution in [0.25, 0.3) is 0 Å². The van der Waals surface area contributed by atoms with Crippen molar-refractivity contribution < 1.29 is 9.47 Å². The zero-order valence-corrected chi connectivity index (χ0v) is 5.31. The van der Waals surface area contributed by atoms with Crippen molar-refractivity contribution in [1.29, 1.82) is 0 Å². The minimum atomic E-state index is -0.377. The number of rotatable bonds is 0. The van der Waals surface area contributed by atoms with Gasteiger partial charge in [-0.05, 0) is 20.3 Å². The first-order valence-electron chi connectivity index (χ1n) is 2.84. The van der Waals surface area contributed by atoms with E-state index in [-0.39, 0.29) is 5.79 Å². The maximum atomic E-state index is 5.21. The van der Waals surface area contributed by atoms with E-state index in [0.29, 0.717) is 0 Å². The van der Waals surface area contributed by atoms with Gasteiger partial charge >= 0.3 is 0 Å². The molecule has 1 rings (SSSR count). The largest absolute Gasteiger partial charge is 0.350 e. The Morgan fingerprint density at radius 3 is 2.50 bits per heavy atom. The van der Waals surface area contributed by atoms with E-state index in [0.717, 1.165) is 13.0 Å². The molecule has 0 saturated carbocycles. The second-order valence-corrected chi connectivity index (χ2v) is 2.32. The molecule has 0 bridgehead atoms. The summed E-state index contributed by atoms with van der Waals surface area (Å²) in [6.45, 7) is 6.39. The van der Waals surface area contributed by atoms with Gasteiger partial charge in [-0.3, -0.25) is 0 Å². The Balaban J connectivity index is 2.33. The van der Waals surface area contributed by atoms with Crippen LogP contribution in [0.15, 0.2) is 0 Å². The van der Waals surface area contributed by atoms with Gasteiger partial charge in [0.15, 0.2) is 5.79 Å². The van der Waals surface area contributed by atoms with Crippen molar-refractivity contribution in [3.8, 4) is 0 Å². The molecule has 1 aliphatic rings. The lowest BCUT2D eigenvalue weighted by atomic mass is 10.3. The average molecular weight is 115 g/mol. The summed E-state index contributed by atoms with van der Waals surface area (Å²) in [6.07, 6.45) is 0.906. The Labute approximate surface area is 49.8 Å². The highest BCUT2D eigenvalue weighted by molar-refractivity contribution is 4.65. The van der Waals surface area contributed by atoms with E-state index in [1.165, 1.54) is 0 Å². The minimum absolute atomic E-state index is 0.377. The van der Waals surface area contributed by atoms with E-state index < -0.39 is 0 Å². The van der Waals surface area contributed by atoms with Gasteiger partial charge in [0.05, 0.1) is 13.2 Å². The van der Waals surface area contributed by atoms with Crippen LogP contribution in [0.3, 0.4) is 0 Å². The maximum Gasteiger partial charge on any atom is 0.163 e. The number of hydrogen-bond acceptors (Lipinski definition) is 2. The first kappa shape index (κ1) is 6.05. The van der Waals surface area contributed by atoms with Gasteiger partial charge in [0, 0.05) is 0 Å². The Hall–Kier alpha value is -0.0800. The van der Waals surface area contributed by atoms with E-state index in [2.05, 4.69) is 0 Å². The summed E-state index contributed by atoms with van der Waals surface area (Å²) in [5.74, 6) is -0.377. The summed E-state index contributed by atoms with van der Waals surface area (Å²) in [7, 11) is 0. The van der Waals surface area contributed by atoms with E-state index in [1.807, 2.05) is 13.8 Å². The van der Waals surface area contributed by atoms with Crippen molar-refractivity contribution in [2.75, 3.05) is 6.61 Å². The van der Waals surface area contributed by atoms with E-state index in [1.54, 1.807) is 6.61 Å². The number of hydrogen-bond donors (Lipinski definition) is 0. The molecule has 0 aromatic carbocycles. The monoisotopic (exact) mass is 115 g/mol. The lowest BCUT2D eigenvalue weighted by Gasteiger charge is -2.29. The second-order valence-electron chi connectivity index (χ2n) is 2.32. The first-order chi connectivity index (χ1) is 3.71. The lowest BCUT2D eigenvalue weighted by Crippen LogP contribution is -2.31. The molecule has 0 aromatic heterocycles. The summed E-state index contributed by atoms with van der Waals surface area (Å²) in [5, 5.41) is 0. The summed E-state index contributed by atoms with van der Waals surface area (Å²) in [4.78, 5) is 0. The van der Waals surface area contributed by atoms with Crippen LogP contribution in [-0.4, -0.2) is 12.4 Å². The Kier molecular flexibility index (Phi) is 1.54. The molecule has 0 N–H and O–H groups in total. The molecule has 1 heterocycles. The fourth-order valence-corrected chi connectivity index (χ4v) is 0.646. The highest BCUT2D eigenvalue weighted by atomic mass is 16.7. The molecule has 2 nitrogen and oxygen atoms in total. The fourth-order valence-electron chi connectivity index (χ4n) is 0.646. The fraction of sp³-hybridized carbons (Fsp3) is 0.833. The summed E-state index contributed by atoms with van der Waals surface area (Å²) in [6, 6.07) is 0. The molecular weight excluding hydrogens is 104 g/mol. The smallest absolute Gasteiger partial charge is 0.163 e. The molecule has 0 unspecified atom stereocenters. The quantitative estimate of drug-likeness (QED) is 0.474. The zero-order chi connectivity index (χ0) is 6.04. The third-order valence-corrected chi connectivity index (χ3v) is 1.05. The molecule has 1 fully saturated rings. The highest BCUT2D eigenvalue weighted by Gasteiger charge is 2.21. The molecule has 1 aliphatic heterocycles. The molecule has 0 atom stereocenters. The zero-order valence-electron chi connectivity index (χ0n) is 5.31. The van der Waals surface area contributed by atoms with E-state index >= 15 is 0 Å². The average Bonchev–Trinajstić information content (AvgIpc) is 1.65. The van der Waals surface area contributed by atoms with Crippen LogP contribution in [0, 0.1) is 6.61 Å². The highest BCUT2D eigenvalue weighted by Crippen LogP contribution is 2.18. The topological polar surface area (TPSA) is 18.5 Å². The molecule has 8 heavy (non-hydrogen) atoms. The molecule has 0 aliphatic carbocycles. The number of ether oxygens (including phenoxy) is 2. The molecular formula is C6H11O2. The van der Waals surface area contributed by atoms with Gasteiger partial charge in [0.1, 0.15) is 0 Å². The van der Waals surface area contributed by atoms with Gasteiger partial charge in [-0.2, -0.15) is 0 Å². The predicted octanol–water partition coefficient (Wildman–Crippen LogP) is 1.32. The summed E-state index contributed by atoms with van der Waals surface area (Å²) < 4.78 is 10.3. The first-order valence-corrected chi connectivity index (χ1v) is 2.84. The van der Waals surface area contributed by atoms with E-state index in [9.17, 15) is 0 Å². The van der Waals surface area contributed by atoms with Gasteiger partial charge < -0.3 is 9.47 Å². The van der Waals surface area contributed by atoms with Gasteiger partial charge in [-0.1, -0.05) is 0 Å². The van der Waals surface area contributed by atoms with Crippen molar-refractivity contribution in [3.05, 3.63) is 6.61 Å². The van der Waals surface area contributed by atoms with Gasteiger partial charge in [-0.15, -0.1) is 0 Å². The van der Waals surface area contributed by atoms with Crippen LogP contribution in [0.4, 0.5) is 0 Å². The van der Waals surface area contributed by atoms with E-state index in [4.69, 9.17) is 9.47 Å². The normalized spacial score (nSPS) is 27.8. The van der Waals surface area contributed by atoms with Crippen molar-refractivity contribution in [2.24, 2.45) is 0 Å². The molecule has 1 saturated heterocycles. The molecule has 47 valence electrons. The molecule has 0 aromatic rings. The summed E-state index contributed by atoms with van der Waals surface area (Å²) in [5.41, 5.74) is 0. The molecule has 0 amide bonds. The predicted molar refractivity (Wildman–Crippen MR) is 30.0 cm³/mol. The molecule has 2 heteroatoms. The van der Waals surface area contributed by atoms with Crippen molar-refractivity contribution in [1.82, 2.24) is 0 Å². The van der Waals surface area contributed by atoms with Crippen LogP contribution in [0.2, 0.25) is 0 Å². The van der Waals surface area contributed by atoms with Crippen LogP contribution in [0.5, 0.6) is 0 Å². The SMILES string of the molecule is CC1(C)O[CH]CCO1. The molecule has 0 spiro atoms. The van der Waals surface area contributed by atoms with Crippen LogP contribution in [-0.2, 0) is 9.47 Å². The maximum absolute atomic E-state index is 5.21. The van der Waals surface area contributed by atoms with Gasteiger partial charge in [-0.25, -0.2) is 0 Å². The minimum Gasteiger partial charge on any atom is -0.350 e. The molecule has 1 radical (unpaired) electrons. The van der Waals surface area contributed by atoms with Gasteiger partial charge in [0.2, 0.25) is 0 Å². The van der Waals surface area contributed by atoms with Crippen LogP contribution in [0.1, 0.15) is 20.3 Å². The second kappa shape index (κ2) is 2.03. The van der Waals surface area contributed by atoms with Crippen molar-refractivity contribution in [3.63, 3.8) is 0 Å². The van der Waals surface area contributed by atoms with Crippen LogP contribution < -0.4 is 0 Å². The lowest BCUT2D eigenvalue weighted by molar-refractivity contribution is -0.221. The third-order valence-electron chi connectivity index (χ3n) is 1.05. The van der Waals surface area contributed by atoms with Crippen molar-refractivity contribution >= 4 is 0 Å². The summed E-state index contributed by atoms with van der Waals surface area (Å²) >= 11 is 0. The van der Waals surface area contributed by atoms with Gasteiger partial charge in [0.25, 0.3) is 0 Å². The standard InChI is InChI=1S/C6H11O2/c1-6(2)7-4-3-5-8-6/h4H,3,5H2,1-2H3. The Morgan fingerprint density at radius 2 is 2.25 bits per heavy atom. The third kappa shape index (κ3) is 1.46.